The molecule has 23 heavy (non-hydrogen) atoms. The molecule has 0 N–H and O–H groups in total. The summed E-state index contributed by atoms with van der Waals surface area (Å²) >= 11 is 3.12. The van der Waals surface area contributed by atoms with Crippen molar-refractivity contribution in [1.82, 2.24) is 9.55 Å². The fraction of sp³-hybridized carbons (Fsp3) is 0.188. The molecular weight excluding hydrogens is 364 g/mol. The summed E-state index contributed by atoms with van der Waals surface area (Å²) in [5, 5.41) is 0.576. The van der Waals surface area contributed by atoms with Crippen molar-refractivity contribution in [2.24, 2.45) is 0 Å². The normalized spacial score (nSPS) is 10.8. The molecule has 0 atom stereocenters. The second-order valence-corrected chi connectivity index (χ2v) is 5.64. The number of carbonyl (C=O) groups is 1. The van der Waals surface area contributed by atoms with E-state index in [0.29, 0.717) is 28.5 Å². The average molecular weight is 377 g/mol. The van der Waals surface area contributed by atoms with E-state index < -0.39 is 5.97 Å². The van der Waals surface area contributed by atoms with Crippen LogP contribution in [0.5, 0.6) is 0 Å². The maximum Gasteiger partial charge on any atom is 0.374 e. The molecule has 0 bridgehead atoms. The molecule has 0 amide bonds. The SMILES string of the molecule is O=C(OCCCn1cnc2ccccc2c1=O)c1ccc(Br)o1. The van der Waals surface area contributed by atoms with Crippen LogP contribution in [0.25, 0.3) is 10.9 Å². The molecule has 7 heteroatoms. The zero-order valence-corrected chi connectivity index (χ0v) is 13.7. The molecule has 0 saturated carbocycles. The Morgan fingerprint density at radius 3 is 2.87 bits per heavy atom. The number of ether oxygens (including phenoxy) is 1. The summed E-state index contributed by atoms with van der Waals surface area (Å²) in [5.74, 6) is -0.388. The van der Waals surface area contributed by atoms with Gasteiger partial charge in [0.2, 0.25) is 5.76 Å². The fourth-order valence-corrected chi connectivity index (χ4v) is 2.47. The third kappa shape index (κ3) is 3.50. The first kappa shape index (κ1) is 15.5. The monoisotopic (exact) mass is 376 g/mol. The van der Waals surface area contributed by atoms with Crippen LogP contribution in [0.2, 0.25) is 0 Å². The Morgan fingerprint density at radius 1 is 1.26 bits per heavy atom. The second-order valence-electron chi connectivity index (χ2n) is 4.85. The van der Waals surface area contributed by atoms with Crippen LogP contribution in [0.3, 0.4) is 0 Å². The van der Waals surface area contributed by atoms with Crippen LogP contribution in [0.1, 0.15) is 17.0 Å². The molecule has 3 rings (SSSR count). The van der Waals surface area contributed by atoms with E-state index in [0.717, 1.165) is 0 Å². The van der Waals surface area contributed by atoms with Crippen molar-refractivity contribution < 1.29 is 13.9 Å². The molecule has 118 valence electrons. The quantitative estimate of drug-likeness (QED) is 0.505. The van der Waals surface area contributed by atoms with Crippen LogP contribution in [-0.4, -0.2) is 22.1 Å². The Morgan fingerprint density at radius 2 is 2.09 bits per heavy atom. The van der Waals surface area contributed by atoms with Crippen LogP contribution in [0.15, 0.2) is 56.6 Å². The first-order valence-electron chi connectivity index (χ1n) is 7.02. The van der Waals surface area contributed by atoms with Crippen molar-refractivity contribution in [1.29, 1.82) is 0 Å². The number of carbonyl (C=O) groups excluding carboxylic acids is 1. The number of rotatable bonds is 5. The smallest absolute Gasteiger partial charge is 0.374 e. The molecule has 0 saturated heterocycles. The van der Waals surface area contributed by atoms with Crippen molar-refractivity contribution >= 4 is 32.8 Å². The highest BCUT2D eigenvalue weighted by Gasteiger charge is 2.11. The molecular formula is C16H13BrN2O4. The zero-order chi connectivity index (χ0) is 16.2. The number of halogens is 1. The summed E-state index contributed by atoms with van der Waals surface area (Å²) in [6.45, 7) is 0.613. The number of hydrogen-bond acceptors (Lipinski definition) is 5. The summed E-state index contributed by atoms with van der Waals surface area (Å²) in [6, 6.07) is 10.3. The Balaban J connectivity index is 1.58. The molecule has 2 aromatic heterocycles. The van der Waals surface area contributed by atoms with Gasteiger partial charge in [-0.1, -0.05) is 12.1 Å². The number of benzene rings is 1. The summed E-state index contributed by atoms with van der Waals surface area (Å²) in [7, 11) is 0. The largest absolute Gasteiger partial charge is 0.460 e. The van der Waals surface area contributed by atoms with Crippen LogP contribution in [-0.2, 0) is 11.3 Å². The summed E-state index contributed by atoms with van der Waals surface area (Å²) in [5.41, 5.74) is 0.570. The van der Waals surface area contributed by atoms with E-state index in [1.807, 2.05) is 6.07 Å². The Bertz CT molecular complexity index is 900. The predicted molar refractivity (Wildman–Crippen MR) is 87.3 cm³/mol. The first-order valence-corrected chi connectivity index (χ1v) is 7.81. The van der Waals surface area contributed by atoms with Gasteiger partial charge in [-0.15, -0.1) is 0 Å². The molecule has 6 nitrogen and oxygen atoms in total. The van der Waals surface area contributed by atoms with Gasteiger partial charge >= 0.3 is 5.97 Å². The Kier molecular flexibility index (Phi) is 4.57. The summed E-state index contributed by atoms with van der Waals surface area (Å²) in [4.78, 5) is 28.2. The lowest BCUT2D eigenvalue weighted by Crippen LogP contribution is -2.21. The highest BCUT2D eigenvalue weighted by Crippen LogP contribution is 2.14. The van der Waals surface area contributed by atoms with Gasteiger partial charge in [-0.05, 0) is 46.6 Å². The first-order chi connectivity index (χ1) is 11.1. The number of nitrogens with zero attached hydrogens (tertiary/aromatic N) is 2. The van der Waals surface area contributed by atoms with Gasteiger partial charge in [-0.2, -0.15) is 0 Å². The minimum Gasteiger partial charge on any atom is -0.460 e. The molecule has 2 heterocycles. The van der Waals surface area contributed by atoms with Gasteiger partial charge in [-0.3, -0.25) is 9.36 Å². The lowest BCUT2D eigenvalue weighted by atomic mass is 10.2. The average Bonchev–Trinajstić information content (AvgIpc) is 3.00. The van der Waals surface area contributed by atoms with E-state index in [4.69, 9.17) is 9.15 Å². The number of esters is 1. The third-order valence-corrected chi connectivity index (χ3v) is 3.71. The predicted octanol–water partition coefficient (Wildman–Crippen LogP) is 3.00. The highest BCUT2D eigenvalue weighted by atomic mass is 79.9. The maximum absolute atomic E-state index is 12.3. The highest BCUT2D eigenvalue weighted by molar-refractivity contribution is 9.10. The maximum atomic E-state index is 12.3. The number of aromatic nitrogens is 2. The van der Waals surface area contributed by atoms with E-state index in [9.17, 15) is 9.59 Å². The number of fused-ring (bicyclic) bond motifs is 1. The summed E-state index contributed by atoms with van der Waals surface area (Å²) < 4.78 is 12.2. The number of aryl methyl sites for hydroxylation is 1. The molecule has 0 aliphatic rings. The molecule has 3 aromatic rings. The number of para-hydroxylation sites is 1. The molecule has 0 aliphatic heterocycles. The number of furan rings is 1. The van der Waals surface area contributed by atoms with Gasteiger partial charge in [0.25, 0.3) is 5.56 Å². The van der Waals surface area contributed by atoms with E-state index in [1.54, 1.807) is 24.3 Å². The van der Waals surface area contributed by atoms with Crippen molar-refractivity contribution in [2.75, 3.05) is 6.61 Å². The molecule has 0 radical (unpaired) electrons. The topological polar surface area (TPSA) is 74.3 Å². The van der Waals surface area contributed by atoms with Crippen molar-refractivity contribution in [3.8, 4) is 0 Å². The summed E-state index contributed by atoms with van der Waals surface area (Å²) in [6.07, 6.45) is 2.02. The van der Waals surface area contributed by atoms with E-state index in [2.05, 4.69) is 20.9 Å². The van der Waals surface area contributed by atoms with E-state index in [1.165, 1.54) is 17.0 Å². The molecule has 1 aromatic carbocycles. The second kappa shape index (κ2) is 6.78. The molecule has 0 spiro atoms. The molecule has 0 unspecified atom stereocenters. The third-order valence-electron chi connectivity index (χ3n) is 3.28. The van der Waals surface area contributed by atoms with Crippen LogP contribution < -0.4 is 5.56 Å². The molecule has 0 aliphatic carbocycles. The minimum atomic E-state index is -0.528. The van der Waals surface area contributed by atoms with Crippen molar-refractivity contribution in [3.63, 3.8) is 0 Å². The van der Waals surface area contributed by atoms with E-state index in [-0.39, 0.29) is 17.9 Å². The van der Waals surface area contributed by atoms with Gasteiger partial charge < -0.3 is 9.15 Å². The Labute approximate surface area is 139 Å². The van der Waals surface area contributed by atoms with Gasteiger partial charge in [0, 0.05) is 6.54 Å². The lowest BCUT2D eigenvalue weighted by Gasteiger charge is -2.07. The van der Waals surface area contributed by atoms with Gasteiger partial charge in [0.05, 0.1) is 23.8 Å². The van der Waals surface area contributed by atoms with Crippen molar-refractivity contribution in [2.45, 2.75) is 13.0 Å². The van der Waals surface area contributed by atoms with Crippen LogP contribution in [0.4, 0.5) is 0 Å². The number of hydrogen-bond donors (Lipinski definition) is 0. The fourth-order valence-electron chi connectivity index (χ4n) is 2.16. The van der Waals surface area contributed by atoms with Gasteiger partial charge in [-0.25, -0.2) is 9.78 Å². The minimum absolute atomic E-state index is 0.100. The Hall–Kier alpha value is -2.41. The van der Waals surface area contributed by atoms with Gasteiger partial charge in [0.1, 0.15) is 0 Å². The standard InChI is InChI=1S/C16H13BrN2O4/c17-14-7-6-13(23-14)16(21)22-9-3-8-19-10-18-12-5-2-1-4-11(12)15(19)20/h1-2,4-7,10H,3,8-9H2. The van der Waals surface area contributed by atoms with E-state index >= 15 is 0 Å². The molecule has 0 fully saturated rings. The van der Waals surface area contributed by atoms with Gasteiger partial charge in [0.15, 0.2) is 4.67 Å². The zero-order valence-electron chi connectivity index (χ0n) is 12.1. The lowest BCUT2D eigenvalue weighted by molar-refractivity contribution is 0.0458. The van der Waals surface area contributed by atoms with Crippen LogP contribution >= 0.6 is 15.9 Å². The van der Waals surface area contributed by atoms with Crippen LogP contribution in [0, 0.1) is 0 Å². The van der Waals surface area contributed by atoms with Crippen molar-refractivity contribution in [3.05, 3.63) is 63.5 Å².